The molecular formula is C14H21N3O2. The summed E-state index contributed by atoms with van der Waals surface area (Å²) in [6.45, 7) is 3.05. The van der Waals surface area contributed by atoms with Gasteiger partial charge in [0.25, 0.3) is 0 Å². The molecular weight excluding hydrogens is 242 g/mol. The van der Waals surface area contributed by atoms with Crippen LogP contribution in [-0.2, 0) is 16.6 Å². The summed E-state index contributed by atoms with van der Waals surface area (Å²) in [6, 6.07) is 0. The summed E-state index contributed by atoms with van der Waals surface area (Å²) in [4.78, 5) is 18.7. The molecule has 0 unspecified atom stereocenters. The Balaban J connectivity index is 1.57. The second kappa shape index (κ2) is 5.33. The maximum Gasteiger partial charge on any atom is 0.228 e. The molecule has 0 aliphatic carbocycles. The monoisotopic (exact) mass is 263 g/mol. The minimum absolute atomic E-state index is 0.102. The van der Waals surface area contributed by atoms with Crippen molar-refractivity contribution in [3.63, 3.8) is 0 Å². The molecule has 2 aliphatic rings. The Hall–Kier alpha value is -1.36. The number of imidazole rings is 1. The summed E-state index contributed by atoms with van der Waals surface area (Å²) in [7, 11) is 2.04. The fraction of sp³-hybridized carbons (Fsp3) is 0.714. The highest BCUT2D eigenvalue weighted by atomic mass is 16.5. The third kappa shape index (κ3) is 2.52. The van der Waals surface area contributed by atoms with Crippen LogP contribution < -0.4 is 0 Å². The quantitative estimate of drug-likeness (QED) is 0.804. The fourth-order valence-corrected chi connectivity index (χ4v) is 3.12. The van der Waals surface area contributed by atoms with Gasteiger partial charge in [0.15, 0.2) is 0 Å². The Bertz CT molecular complexity index is 443. The van der Waals surface area contributed by atoms with E-state index in [2.05, 4.69) is 9.55 Å². The molecule has 19 heavy (non-hydrogen) atoms. The molecule has 2 saturated heterocycles. The number of amides is 1. The summed E-state index contributed by atoms with van der Waals surface area (Å²) in [6.07, 6.45) is 6.76. The molecule has 0 aromatic carbocycles. The Labute approximate surface area is 113 Å². The Morgan fingerprint density at radius 3 is 2.74 bits per heavy atom. The van der Waals surface area contributed by atoms with Gasteiger partial charge in [0.05, 0.1) is 12.5 Å². The van der Waals surface area contributed by atoms with Crippen molar-refractivity contribution in [3.05, 3.63) is 18.2 Å². The van der Waals surface area contributed by atoms with E-state index in [4.69, 9.17) is 4.74 Å². The van der Waals surface area contributed by atoms with Gasteiger partial charge in [-0.05, 0) is 19.3 Å². The number of hydrogen-bond acceptors (Lipinski definition) is 3. The van der Waals surface area contributed by atoms with Gasteiger partial charge in [0, 0.05) is 45.1 Å². The number of likely N-dealkylation sites (tertiary alicyclic amines) is 1. The van der Waals surface area contributed by atoms with E-state index in [1.54, 1.807) is 0 Å². The molecule has 1 amide bonds. The van der Waals surface area contributed by atoms with Crippen molar-refractivity contribution >= 4 is 5.91 Å². The molecule has 0 saturated carbocycles. The molecule has 5 heteroatoms. The van der Waals surface area contributed by atoms with Crippen molar-refractivity contribution < 1.29 is 9.53 Å². The van der Waals surface area contributed by atoms with Crippen LogP contribution in [0.15, 0.2) is 12.4 Å². The van der Waals surface area contributed by atoms with Crippen molar-refractivity contribution in [2.75, 3.05) is 26.3 Å². The van der Waals surface area contributed by atoms with Crippen LogP contribution in [0.3, 0.4) is 0 Å². The van der Waals surface area contributed by atoms with Gasteiger partial charge in [-0.1, -0.05) is 0 Å². The fourth-order valence-electron chi connectivity index (χ4n) is 3.12. The Morgan fingerprint density at radius 1 is 1.37 bits per heavy atom. The van der Waals surface area contributed by atoms with Gasteiger partial charge in [-0.3, -0.25) is 4.79 Å². The lowest BCUT2D eigenvalue weighted by molar-refractivity contribution is -0.136. The third-order valence-corrected chi connectivity index (χ3v) is 4.31. The number of carbonyl (C=O) groups is 1. The van der Waals surface area contributed by atoms with Crippen molar-refractivity contribution in [2.24, 2.45) is 13.0 Å². The lowest BCUT2D eigenvalue weighted by Gasteiger charge is -2.33. The lowest BCUT2D eigenvalue weighted by atomic mass is 9.94. The van der Waals surface area contributed by atoms with Crippen molar-refractivity contribution in [1.29, 1.82) is 0 Å². The Morgan fingerprint density at radius 2 is 2.16 bits per heavy atom. The average molecular weight is 263 g/mol. The van der Waals surface area contributed by atoms with Crippen LogP contribution in [-0.4, -0.2) is 46.7 Å². The van der Waals surface area contributed by atoms with Crippen LogP contribution in [0.25, 0.3) is 0 Å². The number of rotatable bonds is 2. The van der Waals surface area contributed by atoms with Crippen LogP contribution in [0.2, 0.25) is 0 Å². The largest absolute Gasteiger partial charge is 0.381 e. The second-order valence-electron chi connectivity index (χ2n) is 5.56. The molecule has 1 atom stereocenters. The number of aryl methyl sites for hydroxylation is 1. The molecule has 1 aromatic rings. The van der Waals surface area contributed by atoms with E-state index < -0.39 is 0 Å². The first-order chi connectivity index (χ1) is 9.25. The molecule has 104 valence electrons. The molecule has 0 N–H and O–H groups in total. The summed E-state index contributed by atoms with van der Waals surface area (Å²) in [5.74, 6) is 2.03. The number of piperidine rings is 1. The van der Waals surface area contributed by atoms with E-state index in [0.29, 0.717) is 12.5 Å². The molecule has 0 spiro atoms. The van der Waals surface area contributed by atoms with Gasteiger partial charge in [-0.2, -0.15) is 0 Å². The van der Waals surface area contributed by atoms with Crippen molar-refractivity contribution in [1.82, 2.24) is 14.5 Å². The van der Waals surface area contributed by atoms with Crippen LogP contribution in [0.1, 0.15) is 31.0 Å². The van der Waals surface area contributed by atoms with Gasteiger partial charge in [-0.25, -0.2) is 4.98 Å². The molecule has 1 aromatic heterocycles. The minimum atomic E-state index is 0.102. The van der Waals surface area contributed by atoms with E-state index in [-0.39, 0.29) is 11.8 Å². The first-order valence-electron chi connectivity index (χ1n) is 7.09. The van der Waals surface area contributed by atoms with E-state index in [0.717, 1.165) is 44.8 Å². The molecule has 5 nitrogen and oxygen atoms in total. The smallest absolute Gasteiger partial charge is 0.228 e. The van der Waals surface area contributed by atoms with Crippen molar-refractivity contribution in [2.45, 2.75) is 25.2 Å². The normalized spacial score (nSPS) is 24.9. The number of carbonyl (C=O) groups excluding carboxylic acids is 1. The third-order valence-electron chi connectivity index (χ3n) is 4.31. The standard InChI is InChI=1S/C14H21N3O2/c1-16-8-5-15-13(16)11-2-6-17(7-3-11)14(18)12-4-9-19-10-12/h5,8,11-12H,2-4,6-7,9-10H2,1H3/t12-/m1/s1. The first-order valence-corrected chi connectivity index (χ1v) is 7.09. The van der Waals surface area contributed by atoms with Crippen molar-refractivity contribution in [3.8, 4) is 0 Å². The van der Waals surface area contributed by atoms with Crippen LogP contribution >= 0.6 is 0 Å². The molecule has 3 heterocycles. The SMILES string of the molecule is Cn1ccnc1C1CCN(C(=O)[C@@H]2CCOC2)CC1. The highest BCUT2D eigenvalue weighted by molar-refractivity contribution is 5.79. The first kappa shape index (κ1) is 12.7. The van der Waals surface area contributed by atoms with Gasteiger partial charge < -0.3 is 14.2 Å². The van der Waals surface area contributed by atoms with Crippen LogP contribution in [0, 0.1) is 5.92 Å². The second-order valence-corrected chi connectivity index (χ2v) is 5.56. The minimum Gasteiger partial charge on any atom is -0.381 e. The van der Waals surface area contributed by atoms with Gasteiger partial charge >= 0.3 is 0 Å². The zero-order chi connectivity index (χ0) is 13.2. The van der Waals surface area contributed by atoms with Crippen LogP contribution in [0.4, 0.5) is 0 Å². The molecule has 2 aliphatic heterocycles. The topological polar surface area (TPSA) is 47.4 Å². The van der Waals surface area contributed by atoms with E-state index in [9.17, 15) is 4.79 Å². The van der Waals surface area contributed by atoms with E-state index >= 15 is 0 Å². The number of ether oxygens (including phenoxy) is 1. The summed E-state index contributed by atoms with van der Waals surface area (Å²) >= 11 is 0. The molecule has 3 rings (SSSR count). The number of hydrogen-bond donors (Lipinski definition) is 0. The Kier molecular flexibility index (Phi) is 3.55. The summed E-state index contributed by atoms with van der Waals surface area (Å²) < 4.78 is 7.39. The predicted molar refractivity (Wildman–Crippen MR) is 70.7 cm³/mol. The van der Waals surface area contributed by atoms with Gasteiger partial charge in [0.2, 0.25) is 5.91 Å². The predicted octanol–water partition coefficient (Wildman–Crippen LogP) is 1.16. The van der Waals surface area contributed by atoms with E-state index in [1.165, 1.54) is 0 Å². The average Bonchev–Trinajstić information content (AvgIpc) is 3.09. The molecule has 0 bridgehead atoms. The zero-order valence-electron chi connectivity index (χ0n) is 11.4. The zero-order valence-corrected chi connectivity index (χ0v) is 11.4. The molecule has 2 fully saturated rings. The number of aromatic nitrogens is 2. The lowest BCUT2D eigenvalue weighted by Crippen LogP contribution is -2.41. The highest BCUT2D eigenvalue weighted by Gasteiger charge is 2.31. The maximum atomic E-state index is 12.3. The molecule has 0 radical (unpaired) electrons. The number of nitrogens with zero attached hydrogens (tertiary/aromatic N) is 3. The van der Waals surface area contributed by atoms with Gasteiger partial charge in [0.1, 0.15) is 5.82 Å². The highest BCUT2D eigenvalue weighted by Crippen LogP contribution is 2.28. The summed E-state index contributed by atoms with van der Waals surface area (Å²) in [5.41, 5.74) is 0. The van der Waals surface area contributed by atoms with E-state index in [1.807, 2.05) is 24.3 Å². The van der Waals surface area contributed by atoms with Crippen LogP contribution in [0.5, 0.6) is 0 Å². The summed E-state index contributed by atoms with van der Waals surface area (Å²) in [5, 5.41) is 0. The van der Waals surface area contributed by atoms with Gasteiger partial charge in [-0.15, -0.1) is 0 Å². The maximum absolute atomic E-state index is 12.3.